The second kappa shape index (κ2) is 9.32. The van der Waals surface area contributed by atoms with Gasteiger partial charge in [-0.25, -0.2) is 0 Å². The van der Waals surface area contributed by atoms with E-state index in [1.807, 2.05) is 4.90 Å². The first-order valence-electron chi connectivity index (χ1n) is 7.79. The molecule has 0 aromatic heterocycles. The van der Waals surface area contributed by atoms with Gasteiger partial charge in [-0.15, -0.1) is 0 Å². The average Bonchev–Trinajstić information content (AvgIpc) is 2.91. The first kappa shape index (κ1) is 17.4. The Labute approximate surface area is 123 Å². The maximum absolute atomic E-state index is 12.8. The number of amides is 1. The van der Waals surface area contributed by atoms with Gasteiger partial charge in [0.1, 0.15) is 0 Å². The Morgan fingerprint density at radius 3 is 2.60 bits per heavy atom. The van der Waals surface area contributed by atoms with Crippen molar-refractivity contribution in [2.75, 3.05) is 40.0 Å². The van der Waals surface area contributed by atoms with Crippen LogP contribution in [0.25, 0.3) is 0 Å². The summed E-state index contributed by atoms with van der Waals surface area (Å²) in [6.45, 7) is 9.59. The van der Waals surface area contributed by atoms with E-state index in [4.69, 9.17) is 9.47 Å². The zero-order valence-electron chi connectivity index (χ0n) is 13.4. The third-order valence-electron chi connectivity index (χ3n) is 4.07. The molecule has 2 atom stereocenters. The molecule has 0 aliphatic carbocycles. The van der Waals surface area contributed by atoms with E-state index >= 15 is 0 Å². The quantitative estimate of drug-likeness (QED) is 0.693. The van der Waals surface area contributed by atoms with Crippen LogP contribution in [0, 0.1) is 5.92 Å². The molecule has 118 valence electrons. The monoisotopic (exact) mass is 286 g/mol. The minimum Gasteiger partial charge on any atom is -0.383 e. The number of nitrogens with zero attached hydrogens (tertiary/aromatic N) is 1. The Morgan fingerprint density at radius 1 is 1.35 bits per heavy atom. The molecule has 1 heterocycles. The van der Waals surface area contributed by atoms with Crippen LogP contribution in [0.1, 0.15) is 33.6 Å². The summed E-state index contributed by atoms with van der Waals surface area (Å²) in [6, 6.07) is 0.437. The summed E-state index contributed by atoms with van der Waals surface area (Å²) in [5.41, 5.74) is 0. The third-order valence-corrected chi connectivity index (χ3v) is 4.07. The topological polar surface area (TPSA) is 50.8 Å². The molecule has 1 amide bonds. The third kappa shape index (κ3) is 4.43. The summed E-state index contributed by atoms with van der Waals surface area (Å²) >= 11 is 0. The van der Waals surface area contributed by atoms with E-state index in [9.17, 15) is 4.79 Å². The molecular weight excluding hydrogens is 256 g/mol. The van der Waals surface area contributed by atoms with Gasteiger partial charge < -0.3 is 19.7 Å². The highest BCUT2D eigenvalue weighted by Gasteiger charge is 2.37. The Kier molecular flexibility index (Phi) is 8.11. The fraction of sp³-hybridized carbons (Fsp3) is 0.933. The van der Waals surface area contributed by atoms with Gasteiger partial charge in [0.2, 0.25) is 5.91 Å². The van der Waals surface area contributed by atoms with Crippen LogP contribution in [0.5, 0.6) is 0 Å². The van der Waals surface area contributed by atoms with Gasteiger partial charge >= 0.3 is 0 Å². The molecule has 0 radical (unpaired) electrons. The van der Waals surface area contributed by atoms with E-state index in [0.717, 1.165) is 19.4 Å². The summed E-state index contributed by atoms with van der Waals surface area (Å²) < 4.78 is 10.7. The number of hydrogen-bond acceptors (Lipinski definition) is 4. The zero-order chi connectivity index (χ0) is 15.0. The SMILES string of the molecule is CCNC1COCC1C(=O)N(CCOC)C(CC)CC. The molecular formula is C15H30N2O3. The van der Waals surface area contributed by atoms with Gasteiger partial charge in [0, 0.05) is 25.7 Å². The molecule has 1 saturated heterocycles. The lowest BCUT2D eigenvalue weighted by atomic mass is 9.99. The zero-order valence-corrected chi connectivity index (χ0v) is 13.4. The number of hydrogen-bond donors (Lipinski definition) is 1. The first-order valence-corrected chi connectivity index (χ1v) is 7.79. The maximum Gasteiger partial charge on any atom is 0.230 e. The standard InChI is InChI=1S/C15H30N2O3/c1-5-12(6-2)17(8-9-19-4)15(18)13-10-20-11-14(13)16-7-3/h12-14,16H,5-11H2,1-4H3. The highest BCUT2D eigenvalue weighted by molar-refractivity contribution is 5.80. The number of rotatable bonds is 9. The molecule has 1 aliphatic rings. The van der Waals surface area contributed by atoms with Gasteiger partial charge in [-0.05, 0) is 19.4 Å². The number of methoxy groups -OCH3 is 1. The molecule has 1 N–H and O–H groups in total. The smallest absolute Gasteiger partial charge is 0.230 e. The molecule has 0 aromatic rings. The van der Waals surface area contributed by atoms with Crippen molar-refractivity contribution < 1.29 is 14.3 Å². The summed E-state index contributed by atoms with van der Waals surface area (Å²) in [5.74, 6) is 0.145. The second-order valence-corrected chi connectivity index (χ2v) is 5.30. The highest BCUT2D eigenvalue weighted by atomic mass is 16.5. The molecule has 2 unspecified atom stereocenters. The fourth-order valence-electron chi connectivity index (χ4n) is 2.87. The molecule has 0 aromatic carbocycles. The van der Waals surface area contributed by atoms with Crippen molar-refractivity contribution in [1.29, 1.82) is 0 Å². The van der Waals surface area contributed by atoms with Gasteiger partial charge in [-0.3, -0.25) is 4.79 Å². The number of likely N-dealkylation sites (N-methyl/N-ethyl adjacent to an activating group) is 1. The van der Waals surface area contributed by atoms with E-state index in [2.05, 4.69) is 26.1 Å². The number of nitrogens with one attached hydrogen (secondary N) is 1. The number of ether oxygens (including phenoxy) is 2. The van der Waals surface area contributed by atoms with E-state index in [-0.39, 0.29) is 17.9 Å². The predicted molar refractivity (Wildman–Crippen MR) is 79.7 cm³/mol. The normalized spacial score (nSPS) is 22.4. The van der Waals surface area contributed by atoms with Gasteiger partial charge in [-0.2, -0.15) is 0 Å². The van der Waals surface area contributed by atoms with Crippen molar-refractivity contribution in [2.45, 2.75) is 45.7 Å². The lowest BCUT2D eigenvalue weighted by Gasteiger charge is -2.33. The van der Waals surface area contributed by atoms with Crippen LogP contribution in [0.3, 0.4) is 0 Å². The maximum atomic E-state index is 12.8. The van der Waals surface area contributed by atoms with E-state index in [1.54, 1.807) is 7.11 Å². The summed E-state index contributed by atoms with van der Waals surface area (Å²) in [4.78, 5) is 14.8. The Hall–Kier alpha value is -0.650. The van der Waals surface area contributed by atoms with Crippen LogP contribution in [-0.2, 0) is 14.3 Å². The summed E-state index contributed by atoms with van der Waals surface area (Å²) in [5, 5.41) is 3.36. The Balaban J connectivity index is 2.74. The van der Waals surface area contributed by atoms with E-state index in [1.165, 1.54) is 0 Å². The molecule has 0 bridgehead atoms. The van der Waals surface area contributed by atoms with Crippen LogP contribution < -0.4 is 5.32 Å². The van der Waals surface area contributed by atoms with Crippen molar-refractivity contribution in [3.63, 3.8) is 0 Å². The van der Waals surface area contributed by atoms with Crippen molar-refractivity contribution in [3.8, 4) is 0 Å². The lowest BCUT2D eigenvalue weighted by Crippen LogP contribution is -2.50. The van der Waals surface area contributed by atoms with Gasteiger partial charge in [0.25, 0.3) is 0 Å². The molecule has 5 nitrogen and oxygen atoms in total. The number of carbonyl (C=O) groups is 1. The average molecular weight is 286 g/mol. The van der Waals surface area contributed by atoms with Gasteiger partial charge in [-0.1, -0.05) is 20.8 Å². The Morgan fingerprint density at radius 2 is 2.05 bits per heavy atom. The number of carbonyl (C=O) groups excluding carboxylic acids is 1. The Bertz CT molecular complexity index is 282. The van der Waals surface area contributed by atoms with Crippen molar-refractivity contribution in [2.24, 2.45) is 5.92 Å². The summed E-state index contributed by atoms with van der Waals surface area (Å²) in [7, 11) is 1.68. The van der Waals surface area contributed by atoms with Crippen LogP contribution in [-0.4, -0.2) is 62.9 Å². The van der Waals surface area contributed by atoms with Crippen molar-refractivity contribution >= 4 is 5.91 Å². The van der Waals surface area contributed by atoms with Gasteiger partial charge in [0.15, 0.2) is 0 Å². The van der Waals surface area contributed by atoms with Crippen molar-refractivity contribution in [1.82, 2.24) is 10.2 Å². The van der Waals surface area contributed by atoms with Crippen LogP contribution in [0.15, 0.2) is 0 Å². The minimum absolute atomic E-state index is 0.0626. The van der Waals surface area contributed by atoms with E-state index < -0.39 is 0 Å². The van der Waals surface area contributed by atoms with Crippen LogP contribution in [0.2, 0.25) is 0 Å². The molecule has 20 heavy (non-hydrogen) atoms. The van der Waals surface area contributed by atoms with E-state index in [0.29, 0.717) is 32.4 Å². The molecule has 1 rings (SSSR count). The van der Waals surface area contributed by atoms with Crippen LogP contribution >= 0.6 is 0 Å². The molecule has 1 aliphatic heterocycles. The summed E-state index contributed by atoms with van der Waals surface area (Å²) in [6.07, 6.45) is 1.96. The predicted octanol–water partition coefficient (Wildman–Crippen LogP) is 1.27. The largest absolute Gasteiger partial charge is 0.383 e. The molecule has 1 fully saturated rings. The van der Waals surface area contributed by atoms with Gasteiger partial charge in [0.05, 0.1) is 25.7 Å². The second-order valence-electron chi connectivity index (χ2n) is 5.30. The van der Waals surface area contributed by atoms with Crippen molar-refractivity contribution in [3.05, 3.63) is 0 Å². The lowest BCUT2D eigenvalue weighted by molar-refractivity contribution is -0.139. The van der Waals surface area contributed by atoms with Crippen LogP contribution in [0.4, 0.5) is 0 Å². The first-order chi connectivity index (χ1) is 9.69. The molecule has 5 heteroatoms. The molecule has 0 spiro atoms. The molecule has 0 saturated carbocycles. The minimum atomic E-state index is -0.0626. The highest BCUT2D eigenvalue weighted by Crippen LogP contribution is 2.20. The fourth-order valence-corrected chi connectivity index (χ4v) is 2.87.